The quantitative estimate of drug-likeness (QED) is 0.275. The van der Waals surface area contributed by atoms with Crippen LogP contribution in [-0.2, 0) is 0 Å². The van der Waals surface area contributed by atoms with Crippen molar-refractivity contribution in [3.05, 3.63) is 128 Å². The number of hydrogen-bond acceptors (Lipinski definition) is 5. The molecule has 0 atom stereocenters. The second-order valence-corrected chi connectivity index (χ2v) is 8.27. The lowest BCUT2D eigenvalue weighted by Crippen LogP contribution is -2.02. The van der Waals surface area contributed by atoms with Crippen LogP contribution in [0.4, 0.5) is 0 Å². The van der Waals surface area contributed by atoms with Crippen LogP contribution < -0.4 is 0 Å². The zero-order valence-corrected chi connectivity index (χ0v) is 19.4. The van der Waals surface area contributed by atoms with Crippen LogP contribution in [0.5, 0.6) is 0 Å². The number of benzene rings is 3. The summed E-state index contributed by atoms with van der Waals surface area (Å²) < 4.78 is 0. The fourth-order valence-corrected chi connectivity index (χ4v) is 4.08. The number of pyridine rings is 2. The number of nitrogens with zero attached hydrogens (tertiary/aromatic N) is 5. The van der Waals surface area contributed by atoms with Gasteiger partial charge >= 0.3 is 0 Å². The van der Waals surface area contributed by atoms with E-state index in [1.807, 2.05) is 72.8 Å². The molecule has 0 saturated heterocycles. The van der Waals surface area contributed by atoms with Crippen molar-refractivity contribution in [2.45, 2.75) is 0 Å². The summed E-state index contributed by atoms with van der Waals surface area (Å²) in [7, 11) is 0. The molecule has 5 nitrogen and oxygen atoms in total. The molecule has 0 fully saturated rings. The normalized spacial score (nSPS) is 10.8. The average Bonchev–Trinajstić information content (AvgIpc) is 2.98. The Hall–Kier alpha value is -5.03. The predicted octanol–water partition coefficient (Wildman–Crippen LogP) is 7.00. The molecule has 3 heterocycles. The van der Waals surface area contributed by atoms with Gasteiger partial charge in [0.1, 0.15) is 11.4 Å². The van der Waals surface area contributed by atoms with Gasteiger partial charge in [0.15, 0.2) is 17.5 Å². The summed E-state index contributed by atoms with van der Waals surface area (Å²) in [4.78, 5) is 23.4. The molecule has 0 unspecified atom stereocenters. The molecule has 6 aromatic rings. The molecular weight excluding hydrogens is 442 g/mol. The van der Waals surface area contributed by atoms with E-state index in [2.05, 4.69) is 52.4 Å². The topological polar surface area (TPSA) is 64.5 Å². The van der Waals surface area contributed by atoms with Crippen molar-refractivity contribution in [2.75, 3.05) is 0 Å². The molecule has 0 N–H and O–H groups in total. The van der Waals surface area contributed by atoms with Gasteiger partial charge in [-0.25, -0.2) is 15.0 Å². The van der Waals surface area contributed by atoms with E-state index in [4.69, 9.17) is 15.0 Å². The SMILES string of the molecule is c1ccc(-c2cc(-c3ccccc3)cc(-c3nc(-c4ccccn4)nc(-c4ccccn4)n3)c2)cc1. The van der Waals surface area contributed by atoms with Gasteiger partial charge in [0.2, 0.25) is 0 Å². The summed E-state index contributed by atoms with van der Waals surface area (Å²) in [5, 5.41) is 0. The minimum absolute atomic E-state index is 0.507. The molecule has 0 spiro atoms. The van der Waals surface area contributed by atoms with Gasteiger partial charge in [0.25, 0.3) is 0 Å². The lowest BCUT2D eigenvalue weighted by atomic mass is 9.96. The van der Waals surface area contributed by atoms with E-state index < -0.39 is 0 Å². The summed E-state index contributed by atoms with van der Waals surface area (Å²) in [5.41, 5.74) is 6.69. The van der Waals surface area contributed by atoms with E-state index in [1.54, 1.807) is 12.4 Å². The third-order valence-electron chi connectivity index (χ3n) is 5.83. The van der Waals surface area contributed by atoms with Gasteiger partial charge in [0.05, 0.1) is 0 Å². The van der Waals surface area contributed by atoms with Crippen LogP contribution in [0.15, 0.2) is 128 Å². The molecule has 6 rings (SSSR count). The molecule has 3 aromatic heterocycles. The smallest absolute Gasteiger partial charge is 0.182 e. The van der Waals surface area contributed by atoms with Crippen LogP contribution in [0, 0.1) is 0 Å². The molecule has 3 aromatic carbocycles. The first-order valence-electron chi connectivity index (χ1n) is 11.7. The summed E-state index contributed by atoms with van der Waals surface area (Å²) >= 11 is 0. The van der Waals surface area contributed by atoms with Crippen molar-refractivity contribution in [3.63, 3.8) is 0 Å². The van der Waals surface area contributed by atoms with Crippen LogP contribution in [-0.4, -0.2) is 24.9 Å². The van der Waals surface area contributed by atoms with Gasteiger partial charge in [0, 0.05) is 18.0 Å². The largest absolute Gasteiger partial charge is 0.253 e. The minimum atomic E-state index is 0.507. The maximum atomic E-state index is 4.86. The fraction of sp³-hybridized carbons (Fsp3) is 0. The van der Waals surface area contributed by atoms with Gasteiger partial charge in [-0.15, -0.1) is 0 Å². The van der Waals surface area contributed by atoms with Crippen LogP contribution in [0.2, 0.25) is 0 Å². The van der Waals surface area contributed by atoms with E-state index >= 15 is 0 Å². The Bertz CT molecular complexity index is 1360. The lowest BCUT2D eigenvalue weighted by Gasteiger charge is -2.12. The highest BCUT2D eigenvalue weighted by Crippen LogP contribution is 2.32. The molecule has 0 aliphatic rings. The summed E-state index contributed by atoms with van der Waals surface area (Å²) in [5.74, 6) is 1.58. The van der Waals surface area contributed by atoms with Crippen molar-refractivity contribution in [1.29, 1.82) is 0 Å². The monoisotopic (exact) mass is 463 g/mol. The van der Waals surface area contributed by atoms with E-state index in [-0.39, 0.29) is 0 Å². The zero-order valence-electron chi connectivity index (χ0n) is 19.4. The Morgan fingerprint density at radius 2 is 0.750 bits per heavy atom. The summed E-state index contributed by atoms with van der Waals surface area (Å²) in [6, 6.07) is 38.5. The first kappa shape index (κ1) is 21.5. The highest BCUT2D eigenvalue weighted by atomic mass is 15.1. The first-order chi connectivity index (χ1) is 17.8. The second-order valence-electron chi connectivity index (χ2n) is 8.27. The van der Waals surface area contributed by atoms with Crippen molar-refractivity contribution in [2.24, 2.45) is 0 Å². The number of hydrogen-bond donors (Lipinski definition) is 0. The van der Waals surface area contributed by atoms with E-state index in [0.717, 1.165) is 27.8 Å². The van der Waals surface area contributed by atoms with Crippen molar-refractivity contribution >= 4 is 0 Å². The molecule has 0 aliphatic heterocycles. The fourth-order valence-electron chi connectivity index (χ4n) is 4.08. The van der Waals surface area contributed by atoms with Crippen molar-refractivity contribution < 1.29 is 0 Å². The predicted molar refractivity (Wildman–Crippen MR) is 143 cm³/mol. The Morgan fingerprint density at radius 3 is 1.19 bits per heavy atom. The summed E-state index contributed by atoms with van der Waals surface area (Å²) in [6.07, 6.45) is 3.48. The Labute approximate surface area is 209 Å². The highest BCUT2D eigenvalue weighted by molar-refractivity contribution is 5.80. The lowest BCUT2D eigenvalue weighted by molar-refractivity contribution is 1.05. The minimum Gasteiger partial charge on any atom is -0.253 e. The van der Waals surface area contributed by atoms with E-state index in [0.29, 0.717) is 28.9 Å². The number of aromatic nitrogens is 5. The molecule has 0 aliphatic carbocycles. The van der Waals surface area contributed by atoms with Crippen molar-refractivity contribution in [3.8, 4) is 56.7 Å². The Morgan fingerprint density at radius 1 is 0.333 bits per heavy atom. The maximum absolute atomic E-state index is 4.86. The average molecular weight is 464 g/mol. The maximum Gasteiger partial charge on any atom is 0.182 e. The molecule has 36 heavy (non-hydrogen) atoms. The number of rotatable bonds is 5. The Balaban J connectivity index is 1.58. The van der Waals surface area contributed by atoms with Gasteiger partial charge in [-0.3, -0.25) is 9.97 Å². The third-order valence-corrected chi connectivity index (χ3v) is 5.83. The van der Waals surface area contributed by atoms with Gasteiger partial charge in [-0.05, 0) is 64.7 Å². The standard InChI is InChI=1S/C31H21N5/c1-3-11-22(12-4-1)24-19-25(23-13-5-2-6-14-23)21-26(20-24)29-34-30(27-15-7-9-17-32-27)36-31(35-29)28-16-8-10-18-33-28/h1-21H. The molecule has 0 radical (unpaired) electrons. The molecule has 0 bridgehead atoms. The second kappa shape index (κ2) is 9.68. The van der Waals surface area contributed by atoms with E-state index in [1.165, 1.54) is 0 Å². The molecule has 0 saturated carbocycles. The van der Waals surface area contributed by atoms with Crippen LogP contribution in [0.1, 0.15) is 0 Å². The molecule has 5 heteroatoms. The van der Waals surface area contributed by atoms with Gasteiger partial charge in [-0.2, -0.15) is 0 Å². The van der Waals surface area contributed by atoms with Gasteiger partial charge < -0.3 is 0 Å². The van der Waals surface area contributed by atoms with Crippen LogP contribution in [0.25, 0.3) is 56.7 Å². The zero-order chi connectivity index (χ0) is 24.2. The Kier molecular flexibility index (Phi) is 5.78. The first-order valence-corrected chi connectivity index (χ1v) is 11.7. The molecule has 170 valence electrons. The summed E-state index contributed by atoms with van der Waals surface area (Å²) in [6.45, 7) is 0. The third kappa shape index (κ3) is 4.50. The van der Waals surface area contributed by atoms with Crippen LogP contribution in [0.3, 0.4) is 0 Å². The van der Waals surface area contributed by atoms with Crippen LogP contribution >= 0.6 is 0 Å². The van der Waals surface area contributed by atoms with Gasteiger partial charge in [-0.1, -0.05) is 72.8 Å². The van der Waals surface area contributed by atoms with Crippen molar-refractivity contribution in [1.82, 2.24) is 24.9 Å². The van der Waals surface area contributed by atoms with E-state index in [9.17, 15) is 0 Å². The molecular formula is C31H21N5. The molecule has 0 amide bonds. The highest BCUT2D eigenvalue weighted by Gasteiger charge is 2.15.